The van der Waals surface area contributed by atoms with Gasteiger partial charge in [0.1, 0.15) is 24.3 Å². The van der Waals surface area contributed by atoms with E-state index in [9.17, 15) is 10.2 Å². The molecule has 8 nitrogen and oxygen atoms in total. The van der Waals surface area contributed by atoms with Crippen molar-refractivity contribution < 1.29 is 25.2 Å². The Morgan fingerprint density at radius 3 is 2.11 bits per heavy atom. The van der Waals surface area contributed by atoms with Crippen molar-refractivity contribution in [3.63, 3.8) is 0 Å². The highest BCUT2D eigenvalue weighted by Crippen LogP contribution is 2.25. The molecule has 35 heavy (non-hydrogen) atoms. The van der Waals surface area contributed by atoms with Crippen molar-refractivity contribution in [2.45, 2.75) is 31.9 Å². The Morgan fingerprint density at radius 1 is 0.914 bits per heavy atom. The van der Waals surface area contributed by atoms with Gasteiger partial charge in [-0.2, -0.15) is 0 Å². The van der Waals surface area contributed by atoms with Crippen LogP contribution in [-0.4, -0.2) is 80.9 Å². The maximum absolute atomic E-state index is 9.89. The molecular weight excluding hydrogens is 446 g/mol. The molecule has 0 spiro atoms. The number of aliphatic hydroxyl groups excluding tert-OH is 4. The Hall–Kier alpha value is -2.75. The topological polar surface area (TPSA) is 111 Å². The van der Waals surface area contributed by atoms with Gasteiger partial charge in [-0.1, -0.05) is 36.4 Å². The predicted molar refractivity (Wildman–Crippen MR) is 135 cm³/mol. The van der Waals surface area contributed by atoms with E-state index in [2.05, 4.69) is 29.2 Å². The fraction of sp³-hybridized carbons (Fsp3) is 0.444. The Morgan fingerprint density at radius 2 is 1.54 bits per heavy atom. The van der Waals surface area contributed by atoms with E-state index in [1.165, 1.54) is 5.56 Å². The van der Waals surface area contributed by atoms with E-state index in [1.54, 1.807) is 19.3 Å². The molecule has 0 saturated heterocycles. The lowest BCUT2D eigenvalue weighted by Crippen LogP contribution is -2.33. The monoisotopic (exact) mass is 483 g/mol. The molecule has 0 aliphatic heterocycles. The van der Waals surface area contributed by atoms with E-state index in [1.807, 2.05) is 33.7 Å². The molecule has 190 valence electrons. The second-order valence-corrected chi connectivity index (χ2v) is 8.60. The quantitative estimate of drug-likeness (QED) is 0.263. The smallest absolute Gasteiger partial charge is 0.137 e. The Balaban J connectivity index is 1.52. The van der Waals surface area contributed by atoms with Crippen molar-refractivity contribution in [1.29, 1.82) is 0 Å². The molecule has 2 atom stereocenters. The molecule has 3 rings (SSSR count). The highest BCUT2D eigenvalue weighted by molar-refractivity contribution is 5.64. The first-order valence-electron chi connectivity index (χ1n) is 12.1. The van der Waals surface area contributed by atoms with Crippen molar-refractivity contribution in [3.8, 4) is 16.9 Å². The summed E-state index contributed by atoms with van der Waals surface area (Å²) in [5.41, 5.74) is 3.39. The minimum absolute atomic E-state index is 0.0104. The minimum atomic E-state index is -0.678. The number of imidazole rings is 1. The summed E-state index contributed by atoms with van der Waals surface area (Å²) in [6.45, 7) is 3.95. The number of nitrogens with zero attached hydrogens (tertiary/aromatic N) is 3. The molecule has 0 saturated carbocycles. The van der Waals surface area contributed by atoms with E-state index < -0.39 is 6.10 Å². The average molecular weight is 484 g/mol. The van der Waals surface area contributed by atoms with Gasteiger partial charge in [0.15, 0.2) is 0 Å². The zero-order chi connectivity index (χ0) is 25.0. The molecule has 0 amide bonds. The highest BCUT2D eigenvalue weighted by atomic mass is 16.5. The molecule has 0 fully saturated rings. The van der Waals surface area contributed by atoms with Crippen molar-refractivity contribution >= 4 is 0 Å². The Labute approximate surface area is 207 Å². The van der Waals surface area contributed by atoms with Crippen LogP contribution >= 0.6 is 0 Å². The largest absolute Gasteiger partial charge is 0.492 e. The fourth-order valence-corrected chi connectivity index (χ4v) is 4.13. The summed E-state index contributed by atoms with van der Waals surface area (Å²) in [4.78, 5) is 6.16. The van der Waals surface area contributed by atoms with E-state index in [-0.39, 0.29) is 25.9 Å². The summed E-state index contributed by atoms with van der Waals surface area (Å²) in [5.74, 6) is 1.35. The van der Waals surface area contributed by atoms with Gasteiger partial charge in [-0.25, -0.2) is 4.98 Å². The first kappa shape index (κ1) is 26.8. The number of aromatic nitrogens is 2. The molecule has 8 heteroatoms. The molecule has 0 aliphatic carbocycles. The summed E-state index contributed by atoms with van der Waals surface area (Å²) in [6, 6.07) is 16.2. The lowest BCUT2D eigenvalue weighted by molar-refractivity contribution is 0.141. The van der Waals surface area contributed by atoms with E-state index in [0.717, 1.165) is 29.7 Å². The number of hydrogen-bond donors (Lipinski definition) is 4. The molecule has 1 heterocycles. The van der Waals surface area contributed by atoms with Crippen molar-refractivity contribution in [1.82, 2.24) is 14.5 Å². The van der Waals surface area contributed by atoms with Crippen LogP contribution in [0.2, 0.25) is 0 Å². The van der Waals surface area contributed by atoms with Crippen LogP contribution < -0.4 is 4.74 Å². The second-order valence-electron chi connectivity index (χ2n) is 8.60. The van der Waals surface area contributed by atoms with Gasteiger partial charge in [0.2, 0.25) is 0 Å². The van der Waals surface area contributed by atoms with Crippen molar-refractivity contribution in [2.24, 2.45) is 0 Å². The minimum Gasteiger partial charge on any atom is -0.492 e. The lowest BCUT2D eigenvalue weighted by atomic mass is 10.0. The van der Waals surface area contributed by atoms with E-state index >= 15 is 0 Å². The van der Waals surface area contributed by atoms with Crippen molar-refractivity contribution in [3.05, 3.63) is 72.3 Å². The first-order chi connectivity index (χ1) is 17.0. The maximum Gasteiger partial charge on any atom is 0.137 e. The van der Waals surface area contributed by atoms with Gasteiger partial charge >= 0.3 is 0 Å². The molecule has 1 aromatic heterocycles. The zero-order valence-corrected chi connectivity index (χ0v) is 20.3. The van der Waals surface area contributed by atoms with Gasteiger partial charge in [0, 0.05) is 32.0 Å². The molecule has 4 N–H and O–H groups in total. The van der Waals surface area contributed by atoms with Gasteiger partial charge in [-0.15, -0.1) is 0 Å². The van der Waals surface area contributed by atoms with Gasteiger partial charge < -0.3 is 29.7 Å². The molecule has 0 unspecified atom stereocenters. The summed E-state index contributed by atoms with van der Waals surface area (Å²) in [7, 11) is 0. The molecule has 0 radical (unpaired) electrons. The van der Waals surface area contributed by atoms with E-state index in [4.69, 9.17) is 14.9 Å². The lowest BCUT2D eigenvalue weighted by Gasteiger charge is -2.20. The summed E-state index contributed by atoms with van der Waals surface area (Å²) < 4.78 is 7.67. The normalized spacial score (nSPS) is 13.2. The van der Waals surface area contributed by atoms with Crippen LogP contribution in [0.25, 0.3) is 11.1 Å². The zero-order valence-electron chi connectivity index (χ0n) is 20.3. The predicted octanol–water partition coefficient (Wildman–Crippen LogP) is 2.44. The number of hydrogen-bond acceptors (Lipinski definition) is 7. The van der Waals surface area contributed by atoms with Crippen LogP contribution in [0, 0.1) is 0 Å². The van der Waals surface area contributed by atoms with Gasteiger partial charge in [-0.3, -0.25) is 4.90 Å². The standard InChI is InChI=1S/C27H37N3O5/c1-21(34)27-28-12-13-30(27)25(20-33)9-4-22-2-5-23(6-3-22)24-7-10-26(11-8-24)35-19-16-29(14-17-31)15-18-32/h2-3,5-8,10-13,21,25,31-34H,4,9,14-20H2,1H3/t21-,25-/m0/s1. The van der Waals surface area contributed by atoms with E-state index in [0.29, 0.717) is 32.1 Å². The third kappa shape index (κ3) is 7.88. The molecule has 3 aromatic rings. The number of benzene rings is 2. The second kappa shape index (κ2) is 14.0. The number of aliphatic hydroxyl groups is 4. The number of aryl methyl sites for hydroxylation is 1. The van der Waals surface area contributed by atoms with Crippen LogP contribution in [-0.2, 0) is 6.42 Å². The highest BCUT2D eigenvalue weighted by Gasteiger charge is 2.16. The van der Waals surface area contributed by atoms with Crippen molar-refractivity contribution in [2.75, 3.05) is 46.1 Å². The Bertz CT molecular complexity index is 983. The van der Waals surface area contributed by atoms with Crippen LogP contribution in [0.3, 0.4) is 0 Å². The van der Waals surface area contributed by atoms with Crippen LogP contribution in [0.5, 0.6) is 5.75 Å². The Kier molecular flexibility index (Phi) is 10.7. The summed E-state index contributed by atoms with van der Waals surface area (Å²) >= 11 is 0. The molecule has 2 aromatic carbocycles. The van der Waals surface area contributed by atoms with Crippen LogP contribution in [0.15, 0.2) is 60.9 Å². The number of rotatable bonds is 15. The van der Waals surface area contributed by atoms with Crippen LogP contribution in [0.1, 0.15) is 36.9 Å². The maximum atomic E-state index is 9.89. The molecule has 0 bridgehead atoms. The number of ether oxygens (including phenoxy) is 1. The third-order valence-corrected chi connectivity index (χ3v) is 6.09. The molecular formula is C27H37N3O5. The van der Waals surface area contributed by atoms with Gasteiger partial charge in [-0.05, 0) is 48.6 Å². The SMILES string of the molecule is C[C@H](O)c1nccn1[C@H](CO)CCc1ccc(-c2ccc(OCCN(CCO)CCO)cc2)cc1. The average Bonchev–Trinajstić information content (AvgIpc) is 3.36. The van der Waals surface area contributed by atoms with Gasteiger partial charge in [0.05, 0.1) is 25.9 Å². The van der Waals surface area contributed by atoms with Crippen LogP contribution in [0.4, 0.5) is 0 Å². The van der Waals surface area contributed by atoms with Gasteiger partial charge in [0.25, 0.3) is 0 Å². The summed E-state index contributed by atoms with van der Waals surface area (Å²) in [6.07, 6.45) is 4.33. The third-order valence-electron chi connectivity index (χ3n) is 6.09. The first-order valence-corrected chi connectivity index (χ1v) is 12.1. The fourth-order valence-electron chi connectivity index (χ4n) is 4.13. The molecule has 0 aliphatic rings. The summed E-state index contributed by atoms with van der Waals surface area (Å²) in [5, 5.41) is 37.9.